The Hall–Kier alpha value is -0.380. The third-order valence-corrected chi connectivity index (χ3v) is 2.89. The summed E-state index contributed by atoms with van der Waals surface area (Å²) in [5.41, 5.74) is 0.547. The third kappa shape index (κ3) is 2.53. The van der Waals surface area contributed by atoms with E-state index in [1.165, 1.54) is 0 Å². The zero-order chi connectivity index (χ0) is 9.84. The van der Waals surface area contributed by atoms with Gasteiger partial charge in [-0.15, -0.1) is 0 Å². The van der Waals surface area contributed by atoms with Crippen LogP contribution in [0, 0.1) is 0 Å². The van der Waals surface area contributed by atoms with Crippen LogP contribution in [0.5, 0.6) is 0 Å². The first kappa shape index (κ1) is 10.7. The molecule has 0 saturated heterocycles. The van der Waals surface area contributed by atoms with Crippen molar-refractivity contribution in [3.63, 3.8) is 0 Å². The van der Waals surface area contributed by atoms with Gasteiger partial charge >= 0.3 is 0 Å². The lowest BCUT2D eigenvalue weighted by molar-refractivity contribution is 0.0993. The Kier molecular flexibility index (Phi) is 3.90. The predicted octanol–water partition coefficient (Wildman–Crippen LogP) is 2.50. The standard InChI is InChI=1S/C9H9BrClNO/c1-12-5-8(13)6-3-2-4-7(10)9(6)11/h2-4,12H,5H2,1H3. The van der Waals surface area contributed by atoms with Gasteiger partial charge in [-0.3, -0.25) is 4.79 Å². The third-order valence-electron chi connectivity index (χ3n) is 1.59. The molecular weight excluding hydrogens is 253 g/mol. The Morgan fingerprint density at radius 2 is 2.31 bits per heavy atom. The molecule has 0 aliphatic carbocycles. The molecule has 13 heavy (non-hydrogen) atoms. The normalized spacial score (nSPS) is 10.1. The summed E-state index contributed by atoms with van der Waals surface area (Å²) < 4.78 is 0.746. The average molecular weight is 263 g/mol. The highest BCUT2D eigenvalue weighted by Crippen LogP contribution is 2.25. The van der Waals surface area contributed by atoms with E-state index in [4.69, 9.17) is 11.6 Å². The molecule has 0 aliphatic heterocycles. The highest BCUT2D eigenvalue weighted by atomic mass is 79.9. The van der Waals surface area contributed by atoms with Crippen LogP contribution in [0.2, 0.25) is 5.02 Å². The summed E-state index contributed by atoms with van der Waals surface area (Å²) in [6.07, 6.45) is 0. The summed E-state index contributed by atoms with van der Waals surface area (Å²) in [4.78, 5) is 11.4. The quantitative estimate of drug-likeness (QED) is 0.848. The van der Waals surface area contributed by atoms with E-state index in [9.17, 15) is 4.79 Å². The van der Waals surface area contributed by atoms with Crippen LogP contribution in [0.4, 0.5) is 0 Å². The fourth-order valence-electron chi connectivity index (χ4n) is 0.975. The number of carbonyl (C=O) groups excluding carboxylic acids is 1. The molecule has 1 aromatic rings. The fraction of sp³-hybridized carbons (Fsp3) is 0.222. The Morgan fingerprint density at radius 3 is 2.92 bits per heavy atom. The number of rotatable bonds is 3. The molecule has 4 heteroatoms. The van der Waals surface area contributed by atoms with Crippen LogP contribution >= 0.6 is 27.5 Å². The maximum absolute atomic E-state index is 11.4. The molecular formula is C9H9BrClNO. The van der Waals surface area contributed by atoms with Gasteiger partial charge in [0.25, 0.3) is 0 Å². The molecule has 1 rings (SSSR count). The summed E-state index contributed by atoms with van der Waals surface area (Å²) >= 11 is 9.19. The Morgan fingerprint density at radius 1 is 1.62 bits per heavy atom. The van der Waals surface area contributed by atoms with Gasteiger partial charge in [-0.05, 0) is 35.1 Å². The molecule has 1 N–H and O–H groups in total. The monoisotopic (exact) mass is 261 g/mol. The topological polar surface area (TPSA) is 29.1 Å². The number of hydrogen-bond acceptors (Lipinski definition) is 2. The largest absolute Gasteiger partial charge is 0.313 e. The zero-order valence-corrected chi connectivity index (χ0v) is 9.45. The van der Waals surface area contributed by atoms with Crippen molar-refractivity contribution in [1.82, 2.24) is 5.32 Å². The summed E-state index contributed by atoms with van der Waals surface area (Å²) in [5.74, 6) is -0.00574. The van der Waals surface area contributed by atoms with Gasteiger partial charge in [0.1, 0.15) is 0 Å². The summed E-state index contributed by atoms with van der Waals surface area (Å²) in [6, 6.07) is 5.31. The molecule has 70 valence electrons. The van der Waals surface area contributed by atoms with Crippen LogP contribution in [0.3, 0.4) is 0 Å². The van der Waals surface area contributed by atoms with Gasteiger partial charge in [-0.1, -0.05) is 17.7 Å². The molecule has 0 amide bonds. The Balaban J connectivity index is 3.01. The van der Waals surface area contributed by atoms with Gasteiger partial charge in [0.2, 0.25) is 0 Å². The lowest BCUT2D eigenvalue weighted by atomic mass is 10.1. The molecule has 1 aromatic carbocycles. The minimum atomic E-state index is -0.00574. The molecule has 0 saturated carbocycles. The maximum atomic E-state index is 11.4. The maximum Gasteiger partial charge on any atom is 0.178 e. The van der Waals surface area contributed by atoms with Crippen molar-refractivity contribution in [3.05, 3.63) is 33.3 Å². The average Bonchev–Trinajstić information content (AvgIpc) is 2.10. The minimum absolute atomic E-state index is 0.00574. The first-order valence-corrected chi connectivity index (χ1v) is 4.95. The molecule has 0 heterocycles. The van der Waals surface area contributed by atoms with Crippen molar-refractivity contribution < 1.29 is 4.79 Å². The van der Waals surface area contributed by atoms with Crippen LogP contribution in [-0.4, -0.2) is 19.4 Å². The summed E-state index contributed by atoms with van der Waals surface area (Å²) in [7, 11) is 1.73. The van der Waals surface area contributed by atoms with Crippen molar-refractivity contribution in [2.24, 2.45) is 0 Å². The second kappa shape index (κ2) is 4.74. The number of nitrogens with one attached hydrogen (secondary N) is 1. The zero-order valence-electron chi connectivity index (χ0n) is 7.10. The van der Waals surface area contributed by atoms with Crippen LogP contribution in [-0.2, 0) is 0 Å². The fourth-order valence-corrected chi connectivity index (χ4v) is 1.57. The van der Waals surface area contributed by atoms with Crippen molar-refractivity contribution >= 4 is 33.3 Å². The van der Waals surface area contributed by atoms with E-state index in [2.05, 4.69) is 21.2 Å². The Bertz CT molecular complexity index is 327. The minimum Gasteiger partial charge on any atom is -0.313 e. The highest BCUT2D eigenvalue weighted by molar-refractivity contribution is 9.10. The smallest absolute Gasteiger partial charge is 0.178 e. The second-order valence-corrected chi connectivity index (χ2v) is 3.79. The lowest BCUT2D eigenvalue weighted by Crippen LogP contribution is -2.18. The van der Waals surface area contributed by atoms with Crippen LogP contribution in [0.15, 0.2) is 22.7 Å². The number of carbonyl (C=O) groups is 1. The van der Waals surface area contributed by atoms with Crippen LogP contribution < -0.4 is 5.32 Å². The van der Waals surface area contributed by atoms with Crippen molar-refractivity contribution in [3.8, 4) is 0 Å². The second-order valence-electron chi connectivity index (χ2n) is 2.55. The number of Topliss-reactive ketones (excluding diaryl/α,β-unsaturated/α-hetero) is 1. The van der Waals surface area contributed by atoms with Gasteiger partial charge in [-0.2, -0.15) is 0 Å². The van der Waals surface area contributed by atoms with E-state index in [-0.39, 0.29) is 5.78 Å². The van der Waals surface area contributed by atoms with Gasteiger partial charge in [0.15, 0.2) is 5.78 Å². The lowest BCUT2D eigenvalue weighted by Gasteiger charge is -2.03. The van der Waals surface area contributed by atoms with Crippen molar-refractivity contribution in [2.75, 3.05) is 13.6 Å². The summed E-state index contributed by atoms with van der Waals surface area (Å²) in [6.45, 7) is 0.302. The van der Waals surface area contributed by atoms with Crippen LogP contribution in [0.25, 0.3) is 0 Å². The number of ketones is 1. The number of likely N-dealkylation sites (N-methyl/N-ethyl adjacent to an activating group) is 1. The number of hydrogen-bond donors (Lipinski definition) is 1. The van der Waals surface area contributed by atoms with Crippen molar-refractivity contribution in [2.45, 2.75) is 0 Å². The van der Waals surface area contributed by atoms with Gasteiger partial charge in [0, 0.05) is 10.0 Å². The molecule has 0 spiro atoms. The molecule has 0 unspecified atom stereocenters. The summed E-state index contributed by atoms with van der Waals surface area (Å²) in [5, 5.41) is 3.26. The Labute approximate surface area is 90.4 Å². The molecule has 0 atom stereocenters. The molecule has 0 aliphatic rings. The molecule has 0 aromatic heterocycles. The molecule has 0 bridgehead atoms. The molecule has 0 radical (unpaired) electrons. The van der Waals surface area contributed by atoms with Crippen molar-refractivity contribution in [1.29, 1.82) is 0 Å². The van der Waals surface area contributed by atoms with E-state index in [0.29, 0.717) is 17.1 Å². The molecule has 0 fully saturated rings. The van der Waals surface area contributed by atoms with E-state index in [1.54, 1.807) is 25.2 Å². The highest BCUT2D eigenvalue weighted by Gasteiger charge is 2.10. The SMILES string of the molecule is CNCC(=O)c1cccc(Br)c1Cl. The molecule has 2 nitrogen and oxygen atoms in total. The van der Waals surface area contributed by atoms with E-state index in [0.717, 1.165) is 4.47 Å². The van der Waals surface area contributed by atoms with E-state index < -0.39 is 0 Å². The number of halogens is 2. The van der Waals surface area contributed by atoms with E-state index in [1.807, 2.05) is 0 Å². The van der Waals surface area contributed by atoms with Gasteiger partial charge < -0.3 is 5.32 Å². The first-order chi connectivity index (χ1) is 6.16. The van der Waals surface area contributed by atoms with E-state index >= 15 is 0 Å². The van der Waals surface area contributed by atoms with Crippen LogP contribution in [0.1, 0.15) is 10.4 Å². The predicted molar refractivity (Wildman–Crippen MR) is 57.4 cm³/mol. The first-order valence-electron chi connectivity index (χ1n) is 3.78. The number of benzene rings is 1. The van der Waals surface area contributed by atoms with Gasteiger partial charge in [-0.25, -0.2) is 0 Å². The van der Waals surface area contributed by atoms with Gasteiger partial charge in [0.05, 0.1) is 11.6 Å².